The van der Waals surface area contributed by atoms with Gasteiger partial charge in [0, 0.05) is 11.5 Å². The SMILES string of the molecule is CCC(C)CC(C)/C=C(\C)[C@@H](O[C@@H]1O[C@H](CO)[C@@H](O)[C@H](O)[C@@H]1O)[C@@H](C)/C=C(\C)C[C@@H](C)/C=C(\C)C[C@@H](C)/C=C(\C)C(=O)OC[C@@H](O)[C@H](O)[C@H](O)CO. The number of carbonyl (C=O) groups excluding carboxylic acids is 1. The van der Waals surface area contributed by atoms with E-state index in [2.05, 4.69) is 52.8 Å². The molecule has 0 aromatic rings. The lowest BCUT2D eigenvalue weighted by atomic mass is 9.88. The Bertz CT molecular complexity index is 1180. The van der Waals surface area contributed by atoms with Crippen molar-refractivity contribution in [2.24, 2.45) is 29.6 Å². The first-order valence-corrected chi connectivity index (χ1v) is 18.7. The number of aliphatic hydroxyl groups excluding tert-OH is 8. The number of rotatable bonds is 22. The molecule has 0 saturated carbocycles. The van der Waals surface area contributed by atoms with Crippen LogP contribution in [0, 0.1) is 29.6 Å². The summed E-state index contributed by atoms with van der Waals surface area (Å²) in [6.45, 7) is 18.6. The number of esters is 1. The number of allylic oxidation sites excluding steroid dienone is 5. The van der Waals surface area contributed by atoms with Crippen LogP contribution in [0.3, 0.4) is 0 Å². The molecule has 52 heavy (non-hydrogen) atoms. The summed E-state index contributed by atoms with van der Waals surface area (Å²) in [5.74, 6) is 0.259. The third-order valence-corrected chi connectivity index (χ3v) is 9.70. The Kier molecular flexibility index (Phi) is 21.9. The molecule has 0 spiro atoms. The molecule has 12 nitrogen and oxygen atoms in total. The van der Waals surface area contributed by atoms with Gasteiger partial charge < -0.3 is 55.1 Å². The molecule has 0 aliphatic carbocycles. The first-order chi connectivity index (χ1) is 24.2. The van der Waals surface area contributed by atoms with Gasteiger partial charge in [-0.1, -0.05) is 83.4 Å². The molecule has 1 saturated heterocycles. The molecule has 1 aliphatic heterocycles. The zero-order valence-electron chi connectivity index (χ0n) is 33.1. The number of ether oxygens (including phenoxy) is 3. The monoisotopic (exact) mass is 742 g/mol. The van der Waals surface area contributed by atoms with E-state index in [-0.39, 0.29) is 23.7 Å². The lowest BCUT2D eigenvalue weighted by molar-refractivity contribution is -0.310. The quantitative estimate of drug-likeness (QED) is 0.0457. The van der Waals surface area contributed by atoms with E-state index in [0.29, 0.717) is 17.9 Å². The zero-order valence-corrected chi connectivity index (χ0v) is 33.1. The summed E-state index contributed by atoms with van der Waals surface area (Å²) in [6.07, 6.45) is -0.149. The van der Waals surface area contributed by atoms with Gasteiger partial charge in [0.1, 0.15) is 49.3 Å². The van der Waals surface area contributed by atoms with Gasteiger partial charge in [-0.3, -0.25) is 0 Å². The fourth-order valence-corrected chi connectivity index (χ4v) is 6.91. The molecule has 0 bridgehead atoms. The second-order valence-electron chi connectivity index (χ2n) is 15.4. The summed E-state index contributed by atoms with van der Waals surface area (Å²) in [7, 11) is 0. The van der Waals surface area contributed by atoms with E-state index in [0.717, 1.165) is 36.0 Å². The second-order valence-corrected chi connectivity index (χ2v) is 15.4. The smallest absolute Gasteiger partial charge is 0.333 e. The molecule has 1 aliphatic rings. The number of hydrogen-bond donors (Lipinski definition) is 8. The van der Waals surface area contributed by atoms with E-state index >= 15 is 0 Å². The maximum atomic E-state index is 12.4. The molecular weight excluding hydrogens is 672 g/mol. The first-order valence-electron chi connectivity index (χ1n) is 18.7. The molecule has 1 heterocycles. The highest BCUT2D eigenvalue weighted by Crippen LogP contribution is 2.30. The predicted octanol–water partition coefficient (Wildman–Crippen LogP) is 3.34. The normalized spacial score (nSPS) is 27.6. The molecule has 0 aromatic carbocycles. The Morgan fingerprint density at radius 3 is 1.90 bits per heavy atom. The standard InChI is InChI=1S/C40H70O12/c1-11-22(2)12-25(5)16-28(8)38(52-40-37(48)36(47)35(46)33(20-42)51-40)29(9)17-26(6)14-23(3)13-24(4)15-27(7)18-30(10)39(49)50-21-32(44)34(45)31(43)19-41/h13,16-18,22-23,25,27,29,31-38,40-48H,11-12,14-15,19-21H2,1-10H3/b24-13+,26-17+,28-16+,30-18+/t22?,23-,25?,27+,29-,31+,32+,33+,34+,35+,36-,37-,38+,40-/m0/s1. The van der Waals surface area contributed by atoms with Crippen molar-refractivity contribution in [2.45, 2.75) is 150 Å². The maximum Gasteiger partial charge on any atom is 0.333 e. The number of aliphatic hydroxyl groups is 8. The van der Waals surface area contributed by atoms with Crippen LogP contribution >= 0.6 is 0 Å². The van der Waals surface area contributed by atoms with Gasteiger partial charge >= 0.3 is 5.97 Å². The predicted molar refractivity (Wildman–Crippen MR) is 200 cm³/mol. The second kappa shape index (κ2) is 23.7. The minimum atomic E-state index is -1.64. The van der Waals surface area contributed by atoms with Crippen LogP contribution in [0.5, 0.6) is 0 Å². The summed E-state index contributed by atoms with van der Waals surface area (Å²) >= 11 is 0. The highest BCUT2D eigenvalue weighted by molar-refractivity contribution is 5.87. The van der Waals surface area contributed by atoms with Gasteiger partial charge in [-0.2, -0.15) is 0 Å². The van der Waals surface area contributed by atoms with Crippen LogP contribution in [-0.4, -0.2) is 122 Å². The Morgan fingerprint density at radius 2 is 1.35 bits per heavy atom. The van der Waals surface area contributed by atoms with Crippen molar-refractivity contribution in [2.75, 3.05) is 19.8 Å². The fraction of sp³-hybridized carbons (Fsp3) is 0.775. The van der Waals surface area contributed by atoms with E-state index in [1.165, 1.54) is 0 Å². The molecular formula is C40H70O12. The minimum Gasteiger partial charge on any atom is -0.459 e. The molecule has 12 heteroatoms. The summed E-state index contributed by atoms with van der Waals surface area (Å²) in [5.41, 5.74) is 3.60. The van der Waals surface area contributed by atoms with Crippen LogP contribution in [0.4, 0.5) is 0 Å². The van der Waals surface area contributed by atoms with Crippen molar-refractivity contribution in [1.82, 2.24) is 0 Å². The van der Waals surface area contributed by atoms with Gasteiger partial charge in [0.2, 0.25) is 0 Å². The minimum absolute atomic E-state index is 0.0113. The molecule has 14 atom stereocenters. The van der Waals surface area contributed by atoms with Gasteiger partial charge in [0.05, 0.1) is 19.3 Å². The Morgan fingerprint density at radius 1 is 0.769 bits per heavy atom. The average Bonchev–Trinajstić information content (AvgIpc) is 3.07. The maximum absolute atomic E-state index is 12.4. The summed E-state index contributed by atoms with van der Waals surface area (Å²) in [4.78, 5) is 12.4. The van der Waals surface area contributed by atoms with Gasteiger partial charge in [0.15, 0.2) is 6.29 Å². The van der Waals surface area contributed by atoms with E-state index in [9.17, 15) is 40.5 Å². The molecule has 8 N–H and O–H groups in total. The third-order valence-electron chi connectivity index (χ3n) is 9.70. The number of hydrogen-bond acceptors (Lipinski definition) is 12. The van der Waals surface area contributed by atoms with Gasteiger partial charge in [-0.15, -0.1) is 0 Å². The lowest BCUT2D eigenvalue weighted by Gasteiger charge is -2.41. The molecule has 1 rings (SSSR count). The first kappa shape index (κ1) is 48.0. The van der Waals surface area contributed by atoms with E-state index in [4.69, 9.17) is 19.3 Å². The highest BCUT2D eigenvalue weighted by atomic mass is 16.7. The zero-order chi connectivity index (χ0) is 39.9. The van der Waals surface area contributed by atoms with Crippen LogP contribution in [0.25, 0.3) is 0 Å². The average molecular weight is 743 g/mol. The van der Waals surface area contributed by atoms with Crippen LogP contribution in [0.1, 0.15) is 94.9 Å². The highest BCUT2D eigenvalue weighted by Gasteiger charge is 2.45. The van der Waals surface area contributed by atoms with Crippen LogP contribution in [0.15, 0.2) is 46.6 Å². The Labute approximate surface area is 311 Å². The molecule has 2 unspecified atom stereocenters. The van der Waals surface area contributed by atoms with Crippen molar-refractivity contribution in [3.05, 3.63) is 46.6 Å². The van der Waals surface area contributed by atoms with Crippen LogP contribution in [0.2, 0.25) is 0 Å². The molecule has 0 radical (unpaired) electrons. The topological polar surface area (TPSA) is 207 Å². The summed E-state index contributed by atoms with van der Waals surface area (Å²) in [6, 6.07) is 0. The lowest BCUT2D eigenvalue weighted by Crippen LogP contribution is -2.60. The van der Waals surface area contributed by atoms with E-state index < -0.39 is 80.9 Å². The van der Waals surface area contributed by atoms with E-state index in [1.54, 1.807) is 13.0 Å². The Balaban J connectivity index is 3.02. The molecule has 302 valence electrons. The molecule has 0 aromatic heterocycles. The van der Waals surface area contributed by atoms with Crippen molar-refractivity contribution >= 4 is 5.97 Å². The van der Waals surface area contributed by atoms with Gasteiger partial charge in [-0.25, -0.2) is 4.79 Å². The summed E-state index contributed by atoms with van der Waals surface area (Å²) < 4.78 is 17.2. The fourth-order valence-electron chi connectivity index (χ4n) is 6.91. The Hall–Kier alpha value is -1.97. The summed E-state index contributed by atoms with van der Waals surface area (Å²) in [5, 5.41) is 79.1. The van der Waals surface area contributed by atoms with Gasteiger partial charge in [-0.05, 0) is 76.2 Å². The third kappa shape index (κ3) is 16.2. The largest absolute Gasteiger partial charge is 0.459 e. The van der Waals surface area contributed by atoms with Crippen LogP contribution < -0.4 is 0 Å². The van der Waals surface area contributed by atoms with E-state index in [1.807, 2.05) is 27.7 Å². The van der Waals surface area contributed by atoms with Crippen molar-refractivity contribution in [3.8, 4) is 0 Å². The van der Waals surface area contributed by atoms with Crippen molar-refractivity contribution in [3.63, 3.8) is 0 Å². The van der Waals surface area contributed by atoms with Gasteiger partial charge in [0.25, 0.3) is 0 Å². The van der Waals surface area contributed by atoms with Crippen molar-refractivity contribution < 1.29 is 59.9 Å². The van der Waals surface area contributed by atoms with Crippen molar-refractivity contribution in [1.29, 1.82) is 0 Å². The number of carbonyl (C=O) groups is 1. The van der Waals surface area contributed by atoms with Crippen LogP contribution in [-0.2, 0) is 19.0 Å². The molecule has 1 fully saturated rings. The molecule has 0 amide bonds.